The number of hydrogen-bond donors (Lipinski definition) is 1. The van der Waals surface area contributed by atoms with E-state index in [-0.39, 0.29) is 5.56 Å². The summed E-state index contributed by atoms with van der Waals surface area (Å²) in [6, 6.07) is 3.03. The topological polar surface area (TPSA) is 56.7 Å². The van der Waals surface area contributed by atoms with Gasteiger partial charge in [-0.2, -0.15) is 0 Å². The van der Waals surface area contributed by atoms with E-state index < -0.39 is 5.97 Å². The maximum absolute atomic E-state index is 11.3. The van der Waals surface area contributed by atoms with Crippen LogP contribution in [0.25, 0.3) is 0 Å². The van der Waals surface area contributed by atoms with Crippen LogP contribution in [-0.2, 0) is 0 Å². The predicted molar refractivity (Wildman–Crippen MR) is 86.5 cm³/mol. The van der Waals surface area contributed by atoms with Crippen LogP contribution >= 0.6 is 11.6 Å². The molecule has 1 aromatic heterocycles. The van der Waals surface area contributed by atoms with Crippen LogP contribution in [0.15, 0.2) is 12.1 Å². The van der Waals surface area contributed by atoms with E-state index >= 15 is 0 Å². The van der Waals surface area contributed by atoms with E-state index in [4.69, 9.17) is 11.6 Å². The van der Waals surface area contributed by atoms with Gasteiger partial charge in [0.1, 0.15) is 16.5 Å². The summed E-state index contributed by atoms with van der Waals surface area (Å²) in [6.07, 6.45) is 0.961. The van der Waals surface area contributed by atoms with Gasteiger partial charge in [0.15, 0.2) is 0 Å². The number of nitrogens with zero attached hydrogens (tertiary/aromatic N) is 3. The molecule has 0 aliphatic rings. The summed E-state index contributed by atoms with van der Waals surface area (Å²) in [6.45, 7) is 10.8. The highest BCUT2D eigenvalue weighted by atomic mass is 35.5. The van der Waals surface area contributed by atoms with Gasteiger partial charge >= 0.3 is 5.97 Å². The first-order valence-electron chi connectivity index (χ1n) is 7.40. The lowest BCUT2D eigenvalue weighted by atomic mass is 10.2. The van der Waals surface area contributed by atoms with Gasteiger partial charge in [-0.05, 0) is 45.1 Å². The van der Waals surface area contributed by atoms with E-state index in [2.05, 4.69) is 23.7 Å². The standard InChI is InChI=1S/C15H24ClN3O2/c1-4-18(5-2)10-7-11-19(6-3)14-12(15(20)21)8-9-13(16)17-14/h8-9H,4-7,10-11H2,1-3H3,(H,20,21). The third kappa shape index (κ3) is 5.17. The van der Waals surface area contributed by atoms with Gasteiger partial charge in [-0.3, -0.25) is 0 Å². The summed E-state index contributed by atoms with van der Waals surface area (Å²) in [4.78, 5) is 19.8. The molecule has 0 aromatic carbocycles. The molecule has 0 atom stereocenters. The molecule has 1 heterocycles. The summed E-state index contributed by atoms with van der Waals surface area (Å²) in [5.74, 6) is -0.520. The monoisotopic (exact) mass is 313 g/mol. The molecule has 21 heavy (non-hydrogen) atoms. The summed E-state index contributed by atoms with van der Waals surface area (Å²) in [5.41, 5.74) is 0.198. The zero-order valence-electron chi connectivity index (χ0n) is 13.0. The second kappa shape index (κ2) is 8.85. The first-order valence-corrected chi connectivity index (χ1v) is 7.78. The molecule has 0 radical (unpaired) electrons. The molecule has 0 spiro atoms. The average Bonchev–Trinajstić information content (AvgIpc) is 2.47. The first-order chi connectivity index (χ1) is 10.0. The van der Waals surface area contributed by atoms with Crippen LogP contribution in [0.5, 0.6) is 0 Å². The maximum atomic E-state index is 11.3. The number of carboxylic acids is 1. The number of carboxylic acid groups (broad SMARTS) is 1. The molecule has 5 nitrogen and oxygen atoms in total. The van der Waals surface area contributed by atoms with E-state index in [1.807, 2.05) is 11.8 Å². The van der Waals surface area contributed by atoms with Crippen molar-refractivity contribution in [3.05, 3.63) is 22.8 Å². The second-order valence-corrected chi connectivity index (χ2v) is 5.16. The van der Waals surface area contributed by atoms with Crippen molar-refractivity contribution in [3.8, 4) is 0 Å². The summed E-state index contributed by atoms with van der Waals surface area (Å²) < 4.78 is 0. The number of halogens is 1. The molecule has 0 aliphatic heterocycles. The molecule has 0 unspecified atom stereocenters. The Hall–Kier alpha value is -1.33. The molecule has 6 heteroatoms. The van der Waals surface area contributed by atoms with Crippen LogP contribution in [0.4, 0.5) is 5.82 Å². The minimum Gasteiger partial charge on any atom is -0.478 e. The summed E-state index contributed by atoms with van der Waals surface area (Å²) in [7, 11) is 0. The smallest absolute Gasteiger partial charge is 0.339 e. The lowest BCUT2D eigenvalue weighted by molar-refractivity contribution is 0.0697. The van der Waals surface area contributed by atoms with Crippen LogP contribution in [0.1, 0.15) is 37.6 Å². The van der Waals surface area contributed by atoms with Crippen molar-refractivity contribution in [3.63, 3.8) is 0 Å². The fourth-order valence-corrected chi connectivity index (χ4v) is 2.42. The first kappa shape index (κ1) is 17.7. The molecule has 1 rings (SSSR count). The van der Waals surface area contributed by atoms with Crippen LogP contribution in [0.3, 0.4) is 0 Å². The Bertz CT molecular complexity index is 464. The molecular weight excluding hydrogens is 290 g/mol. The summed E-state index contributed by atoms with van der Waals surface area (Å²) >= 11 is 5.91. The predicted octanol–water partition coefficient (Wildman–Crippen LogP) is 2.99. The van der Waals surface area contributed by atoms with Gasteiger partial charge in [0.2, 0.25) is 0 Å². The highest BCUT2D eigenvalue weighted by molar-refractivity contribution is 6.29. The number of hydrogen-bond acceptors (Lipinski definition) is 4. The van der Waals surface area contributed by atoms with Gasteiger partial charge in [0.25, 0.3) is 0 Å². The minimum absolute atomic E-state index is 0.198. The van der Waals surface area contributed by atoms with Crippen molar-refractivity contribution in [1.29, 1.82) is 0 Å². The second-order valence-electron chi connectivity index (χ2n) is 4.77. The van der Waals surface area contributed by atoms with Gasteiger partial charge < -0.3 is 14.9 Å². The zero-order chi connectivity index (χ0) is 15.8. The third-order valence-electron chi connectivity index (χ3n) is 3.55. The Kier molecular flexibility index (Phi) is 7.47. The van der Waals surface area contributed by atoms with Crippen LogP contribution in [0.2, 0.25) is 5.15 Å². The van der Waals surface area contributed by atoms with E-state index in [0.29, 0.717) is 17.5 Å². The van der Waals surface area contributed by atoms with Crippen molar-refractivity contribution in [2.24, 2.45) is 0 Å². The van der Waals surface area contributed by atoms with Gasteiger partial charge in [0.05, 0.1) is 0 Å². The molecule has 0 bridgehead atoms. The van der Waals surface area contributed by atoms with E-state index in [1.54, 1.807) is 0 Å². The number of pyridine rings is 1. The van der Waals surface area contributed by atoms with Gasteiger partial charge in [-0.25, -0.2) is 9.78 Å². The van der Waals surface area contributed by atoms with E-state index in [1.165, 1.54) is 12.1 Å². The van der Waals surface area contributed by atoms with Crippen molar-refractivity contribution in [2.45, 2.75) is 27.2 Å². The normalized spacial score (nSPS) is 10.9. The molecule has 0 fully saturated rings. The van der Waals surface area contributed by atoms with Crippen molar-refractivity contribution >= 4 is 23.4 Å². The maximum Gasteiger partial charge on any atom is 0.339 e. The van der Waals surface area contributed by atoms with Crippen molar-refractivity contribution in [1.82, 2.24) is 9.88 Å². The van der Waals surface area contributed by atoms with E-state index in [0.717, 1.165) is 32.6 Å². The Morgan fingerprint density at radius 3 is 2.38 bits per heavy atom. The number of anilines is 1. The Labute approximate surface area is 131 Å². The van der Waals surface area contributed by atoms with Crippen LogP contribution in [0, 0.1) is 0 Å². The minimum atomic E-state index is -0.976. The van der Waals surface area contributed by atoms with Gasteiger partial charge in [-0.15, -0.1) is 0 Å². The largest absolute Gasteiger partial charge is 0.478 e. The molecule has 0 amide bonds. The molecule has 1 aromatic rings. The summed E-state index contributed by atoms with van der Waals surface area (Å²) in [5, 5.41) is 9.59. The number of rotatable bonds is 9. The molecule has 1 N–H and O–H groups in total. The third-order valence-corrected chi connectivity index (χ3v) is 3.76. The van der Waals surface area contributed by atoms with Crippen molar-refractivity contribution < 1.29 is 9.90 Å². The van der Waals surface area contributed by atoms with E-state index in [9.17, 15) is 9.90 Å². The fourth-order valence-electron chi connectivity index (χ4n) is 2.27. The molecule has 0 aliphatic carbocycles. The average molecular weight is 314 g/mol. The molecular formula is C15H24ClN3O2. The Balaban J connectivity index is 2.80. The highest BCUT2D eigenvalue weighted by Crippen LogP contribution is 2.21. The number of aromatic carboxylic acids is 1. The number of aromatic nitrogens is 1. The fraction of sp³-hybridized carbons (Fsp3) is 0.600. The van der Waals surface area contributed by atoms with Gasteiger partial charge in [0, 0.05) is 13.1 Å². The van der Waals surface area contributed by atoms with Crippen LogP contribution < -0.4 is 4.90 Å². The highest BCUT2D eigenvalue weighted by Gasteiger charge is 2.17. The zero-order valence-corrected chi connectivity index (χ0v) is 13.7. The quantitative estimate of drug-likeness (QED) is 0.710. The van der Waals surface area contributed by atoms with Gasteiger partial charge in [-0.1, -0.05) is 25.4 Å². The lowest BCUT2D eigenvalue weighted by Gasteiger charge is -2.25. The Morgan fingerprint density at radius 1 is 1.19 bits per heavy atom. The number of carbonyl (C=O) groups is 1. The SMILES string of the molecule is CCN(CC)CCCN(CC)c1nc(Cl)ccc1C(=O)O. The van der Waals surface area contributed by atoms with Crippen molar-refractivity contribution in [2.75, 3.05) is 37.6 Å². The lowest BCUT2D eigenvalue weighted by Crippen LogP contribution is -2.31. The molecule has 118 valence electrons. The molecule has 0 saturated carbocycles. The van der Waals surface area contributed by atoms with Crippen LogP contribution in [-0.4, -0.2) is 53.7 Å². The molecule has 0 saturated heterocycles. The Morgan fingerprint density at radius 2 is 1.86 bits per heavy atom.